The Labute approximate surface area is 173 Å². The van der Waals surface area contributed by atoms with Crippen LogP contribution in [0.3, 0.4) is 0 Å². The Morgan fingerprint density at radius 3 is 2.79 bits per heavy atom. The van der Waals surface area contributed by atoms with Crippen LogP contribution in [0.2, 0.25) is 5.02 Å². The zero-order valence-corrected chi connectivity index (χ0v) is 17.3. The van der Waals surface area contributed by atoms with Crippen LogP contribution in [0.25, 0.3) is 0 Å². The van der Waals surface area contributed by atoms with Gasteiger partial charge in [-0.25, -0.2) is 9.18 Å². The lowest BCUT2D eigenvalue weighted by atomic mass is 9.99. The lowest BCUT2D eigenvalue weighted by molar-refractivity contribution is 0.0781. The molecule has 3 amide bonds. The van der Waals surface area contributed by atoms with Crippen LogP contribution in [0.15, 0.2) is 18.2 Å². The van der Waals surface area contributed by atoms with E-state index in [1.807, 2.05) is 6.92 Å². The molecular weight excluding hydrogens is 397 g/mol. The highest BCUT2D eigenvalue weighted by atomic mass is 35.5. The fourth-order valence-electron chi connectivity index (χ4n) is 4.09. The summed E-state index contributed by atoms with van der Waals surface area (Å²) in [7, 11) is 1.79. The van der Waals surface area contributed by atoms with Crippen LogP contribution in [0.5, 0.6) is 0 Å². The van der Waals surface area contributed by atoms with E-state index in [0.29, 0.717) is 43.4 Å². The summed E-state index contributed by atoms with van der Waals surface area (Å²) in [4.78, 5) is 29.2. The summed E-state index contributed by atoms with van der Waals surface area (Å²) in [6.07, 6.45) is 0.568. The maximum atomic E-state index is 13.4. The molecule has 1 aromatic carbocycles. The second-order valence-corrected chi connectivity index (χ2v) is 8.39. The number of nitrogens with zero attached hydrogens (tertiary/aromatic N) is 4. The molecule has 1 N–H and O–H groups in total. The summed E-state index contributed by atoms with van der Waals surface area (Å²) < 4.78 is 15.2. The number of urea groups is 1. The van der Waals surface area contributed by atoms with Gasteiger partial charge >= 0.3 is 6.03 Å². The summed E-state index contributed by atoms with van der Waals surface area (Å²) in [5.41, 5.74) is 2.66. The first-order chi connectivity index (χ1) is 13.7. The number of halogens is 2. The van der Waals surface area contributed by atoms with E-state index in [9.17, 15) is 14.0 Å². The Balaban J connectivity index is 1.61. The fraction of sp³-hybridized carbons (Fsp3) is 0.450. The molecule has 3 heterocycles. The zero-order chi connectivity index (χ0) is 20.9. The number of carbonyl (C=O) groups excluding carboxylic acids is 2. The molecule has 9 heteroatoms. The van der Waals surface area contributed by atoms with Gasteiger partial charge in [-0.05, 0) is 31.0 Å². The van der Waals surface area contributed by atoms with Gasteiger partial charge < -0.3 is 15.1 Å². The number of carbonyl (C=O) groups is 2. The second kappa shape index (κ2) is 7.33. The molecule has 0 bridgehead atoms. The summed E-state index contributed by atoms with van der Waals surface area (Å²) in [6.45, 7) is 5.67. The SMILES string of the molecule is CC1CN(C)C(=O)c2c3c(nn2C1)C[C@@H](C)N(C(=O)Nc1ccc(F)c(Cl)c1)C3. The predicted molar refractivity (Wildman–Crippen MR) is 107 cm³/mol. The molecule has 4 rings (SSSR count). The molecule has 0 radical (unpaired) electrons. The normalized spacial score (nSPS) is 21.5. The Morgan fingerprint density at radius 2 is 2.07 bits per heavy atom. The third kappa shape index (κ3) is 3.57. The maximum absolute atomic E-state index is 13.4. The van der Waals surface area contributed by atoms with Crippen molar-refractivity contribution >= 4 is 29.2 Å². The minimum atomic E-state index is -0.542. The van der Waals surface area contributed by atoms with Crippen molar-refractivity contribution in [3.8, 4) is 0 Å². The third-order valence-electron chi connectivity index (χ3n) is 5.53. The highest BCUT2D eigenvalue weighted by Crippen LogP contribution is 2.29. The summed E-state index contributed by atoms with van der Waals surface area (Å²) in [6, 6.07) is 3.63. The van der Waals surface area contributed by atoms with Crippen LogP contribution in [0.1, 0.15) is 35.6 Å². The Kier molecular flexibility index (Phi) is 4.98. The van der Waals surface area contributed by atoms with Gasteiger partial charge in [-0.1, -0.05) is 18.5 Å². The van der Waals surface area contributed by atoms with Crippen LogP contribution in [0, 0.1) is 11.7 Å². The topological polar surface area (TPSA) is 70.5 Å². The first kappa shape index (κ1) is 19.7. The standard InChI is InChI=1S/C20H23ClFN5O2/c1-11-8-25(3)19(28)18-14-10-26(12(2)6-17(14)24-27(18)9-11)20(29)23-13-4-5-16(22)15(21)7-13/h4-5,7,11-12H,6,8-10H2,1-3H3,(H,23,29)/t11?,12-/m1/s1. The summed E-state index contributed by atoms with van der Waals surface area (Å²) in [5.74, 6) is -0.310. The van der Waals surface area contributed by atoms with Gasteiger partial charge in [-0.3, -0.25) is 9.48 Å². The summed E-state index contributed by atoms with van der Waals surface area (Å²) >= 11 is 5.81. The van der Waals surface area contributed by atoms with E-state index in [2.05, 4.69) is 17.3 Å². The molecule has 29 heavy (non-hydrogen) atoms. The summed E-state index contributed by atoms with van der Waals surface area (Å²) in [5, 5.41) is 7.40. The molecule has 0 saturated carbocycles. The van der Waals surface area contributed by atoms with E-state index in [1.54, 1.807) is 21.5 Å². The van der Waals surface area contributed by atoms with Crippen LogP contribution in [-0.2, 0) is 19.5 Å². The van der Waals surface area contributed by atoms with Crippen LogP contribution in [-0.4, -0.2) is 51.2 Å². The molecule has 2 aliphatic heterocycles. The van der Waals surface area contributed by atoms with Gasteiger partial charge in [0.05, 0.1) is 17.3 Å². The van der Waals surface area contributed by atoms with E-state index in [-0.39, 0.29) is 23.0 Å². The van der Waals surface area contributed by atoms with Crippen LogP contribution in [0.4, 0.5) is 14.9 Å². The molecule has 2 aromatic rings. The number of aromatic nitrogens is 2. The number of hydrogen-bond acceptors (Lipinski definition) is 3. The Hall–Kier alpha value is -2.61. The molecule has 0 spiro atoms. The van der Waals surface area contributed by atoms with Crippen molar-refractivity contribution in [1.29, 1.82) is 0 Å². The van der Waals surface area contributed by atoms with E-state index in [1.165, 1.54) is 18.2 Å². The first-order valence-electron chi connectivity index (χ1n) is 9.61. The van der Waals surface area contributed by atoms with Crippen molar-refractivity contribution in [1.82, 2.24) is 19.6 Å². The molecule has 154 valence electrons. The van der Waals surface area contributed by atoms with Crippen LogP contribution < -0.4 is 5.32 Å². The average molecular weight is 420 g/mol. The monoisotopic (exact) mass is 419 g/mol. The molecule has 0 saturated heterocycles. The van der Waals surface area contributed by atoms with Crippen molar-refractivity contribution in [3.63, 3.8) is 0 Å². The highest BCUT2D eigenvalue weighted by Gasteiger charge is 2.36. The number of benzene rings is 1. The van der Waals surface area contributed by atoms with Gasteiger partial charge in [0.2, 0.25) is 0 Å². The van der Waals surface area contributed by atoms with Gasteiger partial charge in [-0.15, -0.1) is 0 Å². The van der Waals surface area contributed by atoms with Crippen LogP contribution >= 0.6 is 11.6 Å². The molecule has 1 unspecified atom stereocenters. The zero-order valence-electron chi connectivity index (χ0n) is 16.6. The van der Waals surface area contributed by atoms with E-state index < -0.39 is 5.82 Å². The van der Waals surface area contributed by atoms with Crippen molar-refractivity contribution in [2.24, 2.45) is 5.92 Å². The van der Waals surface area contributed by atoms with Gasteiger partial charge in [0.25, 0.3) is 5.91 Å². The van der Waals surface area contributed by atoms with Crippen molar-refractivity contribution < 1.29 is 14.0 Å². The van der Waals surface area contributed by atoms with E-state index in [4.69, 9.17) is 11.6 Å². The largest absolute Gasteiger partial charge is 0.340 e. The number of amides is 3. The molecule has 1 aromatic heterocycles. The smallest absolute Gasteiger partial charge is 0.322 e. The second-order valence-electron chi connectivity index (χ2n) is 7.99. The van der Waals surface area contributed by atoms with Gasteiger partial charge in [0, 0.05) is 43.9 Å². The fourth-order valence-corrected chi connectivity index (χ4v) is 4.27. The van der Waals surface area contributed by atoms with Crippen molar-refractivity contribution in [2.45, 2.75) is 39.4 Å². The molecule has 2 atom stereocenters. The Morgan fingerprint density at radius 1 is 1.31 bits per heavy atom. The maximum Gasteiger partial charge on any atom is 0.322 e. The number of nitrogens with one attached hydrogen (secondary N) is 1. The average Bonchev–Trinajstić information content (AvgIpc) is 2.94. The highest BCUT2D eigenvalue weighted by molar-refractivity contribution is 6.31. The molecular formula is C20H23ClFN5O2. The minimum absolute atomic E-state index is 0.0542. The number of fused-ring (bicyclic) bond motifs is 3. The quantitative estimate of drug-likeness (QED) is 0.770. The number of hydrogen-bond donors (Lipinski definition) is 1. The Bertz CT molecular complexity index is 991. The first-order valence-corrected chi connectivity index (χ1v) is 9.99. The molecule has 2 aliphatic rings. The molecule has 7 nitrogen and oxygen atoms in total. The van der Waals surface area contributed by atoms with Gasteiger partial charge in [0.15, 0.2) is 0 Å². The van der Waals surface area contributed by atoms with E-state index in [0.717, 1.165) is 11.3 Å². The third-order valence-corrected chi connectivity index (χ3v) is 5.82. The predicted octanol–water partition coefficient (Wildman–Crippen LogP) is 3.38. The molecule has 0 aliphatic carbocycles. The van der Waals surface area contributed by atoms with Crippen molar-refractivity contribution in [2.75, 3.05) is 18.9 Å². The molecule has 0 fully saturated rings. The lowest BCUT2D eigenvalue weighted by Crippen LogP contribution is -2.45. The minimum Gasteiger partial charge on any atom is -0.340 e. The van der Waals surface area contributed by atoms with Gasteiger partial charge in [-0.2, -0.15) is 5.10 Å². The lowest BCUT2D eigenvalue weighted by Gasteiger charge is -2.33. The van der Waals surface area contributed by atoms with Crippen molar-refractivity contribution in [3.05, 3.63) is 46.0 Å². The number of rotatable bonds is 1. The van der Waals surface area contributed by atoms with Gasteiger partial charge in [0.1, 0.15) is 11.5 Å². The number of anilines is 1. The van der Waals surface area contributed by atoms with E-state index >= 15 is 0 Å².